The van der Waals surface area contributed by atoms with E-state index in [2.05, 4.69) is 0 Å². The first-order chi connectivity index (χ1) is 9.70. The Morgan fingerprint density at radius 3 is 2.52 bits per heavy atom. The molecular weight excluding hydrogens is 310 g/mol. The van der Waals surface area contributed by atoms with Gasteiger partial charge in [-0.05, 0) is 30.9 Å². The predicted octanol–water partition coefficient (Wildman–Crippen LogP) is 3.93. The quantitative estimate of drug-likeness (QED) is 0.609. The molecule has 0 heterocycles. The summed E-state index contributed by atoms with van der Waals surface area (Å²) in [5, 5.41) is 0.0868. The van der Waals surface area contributed by atoms with Crippen molar-refractivity contribution in [1.29, 1.82) is 0 Å². The summed E-state index contributed by atoms with van der Waals surface area (Å²) >= 11 is 5.83. The van der Waals surface area contributed by atoms with Crippen LogP contribution in [0.25, 0.3) is 0 Å². The van der Waals surface area contributed by atoms with Crippen LogP contribution in [0.1, 0.15) is 28.8 Å². The van der Waals surface area contributed by atoms with Crippen molar-refractivity contribution in [1.82, 2.24) is 4.90 Å². The second-order valence-electron chi connectivity index (χ2n) is 5.29. The Bertz CT molecular complexity index is 540. The maximum Gasteiger partial charge on any atom is 0.419 e. The first-order valence-electron chi connectivity index (χ1n) is 6.45. The molecule has 21 heavy (non-hydrogen) atoms. The number of carbonyl (C=O) groups is 1. The summed E-state index contributed by atoms with van der Waals surface area (Å²) in [6.45, 7) is 0.359. The number of hydrogen-bond acceptors (Lipinski definition) is 1. The molecule has 1 aromatic rings. The van der Waals surface area contributed by atoms with E-state index in [-0.39, 0.29) is 11.3 Å². The molecule has 0 radical (unpaired) electrons. The van der Waals surface area contributed by atoms with Gasteiger partial charge in [-0.1, -0.05) is 6.07 Å². The molecule has 0 N–H and O–H groups in total. The molecule has 1 fully saturated rings. The smallest absolute Gasteiger partial charge is 0.341 e. The van der Waals surface area contributed by atoms with Gasteiger partial charge in [0.2, 0.25) is 0 Å². The molecule has 116 valence electrons. The summed E-state index contributed by atoms with van der Waals surface area (Å²) in [4.78, 5) is 13.3. The van der Waals surface area contributed by atoms with Crippen LogP contribution in [0.4, 0.5) is 17.6 Å². The van der Waals surface area contributed by atoms with E-state index in [9.17, 15) is 22.4 Å². The highest BCUT2D eigenvalue weighted by molar-refractivity contribution is 6.21. The number of amides is 1. The molecule has 2 rings (SSSR count). The Balaban J connectivity index is 2.15. The summed E-state index contributed by atoms with van der Waals surface area (Å²) in [5.74, 6) is -2.06. The Hall–Kier alpha value is -1.30. The zero-order valence-electron chi connectivity index (χ0n) is 11.3. The van der Waals surface area contributed by atoms with Crippen LogP contribution in [0.5, 0.6) is 0 Å². The third-order valence-electron chi connectivity index (χ3n) is 3.59. The van der Waals surface area contributed by atoms with E-state index in [1.165, 1.54) is 11.9 Å². The molecule has 7 heteroatoms. The fourth-order valence-electron chi connectivity index (χ4n) is 2.40. The maximum absolute atomic E-state index is 13.9. The standard InChI is InChI=1S/C14H14ClF4NO/c1-20(7-8-5-9(15)6-8)13(21)10-3-2-4-11(12(10)16)14(17,18)19/h2-4,8-9H,5-7H2,1H3. The zero-order valence-corrected chi connectivity index (χ0v) is 12.0. The van der Waals surface area contributed by atoms with Gasteiger partial charge in [0.15, 0.2) is 0 Å². The van der Waals surface area contributed by atoms with E-state index >= 15 is 0 Å². The summed E-state index contributed by atoms with van der Waals surface area (Å²) < 4.78 is 51.8. The number of halogens is 5. The number of nitrogens with zero attached hydrogens (tertiary/aromatic N) is 1. The molecule has 0 aromatic heterocycles. The summed E-state index contributed by atoms with van der Waals surface area (Å²) in [5.41, 5.74) is -1.99. The molecular formula is C14H14ClF4NO. The average molecular weight is 324 g/mol. The predicted molar refractivity (Wildman–Crippen MR) is 70.7 cm³/mol. The molecule has 0 saturated heterocycles. The Kier molecular flexibility index (Phi) is 4.46. The molecule has 0 spiro atoms. The Morgan fingerprint density at radius 2 is 2.00 bits per heavy atom. The number of benzene rings is 1. The van der Waals surface area contributed by atoms with Crippen molar-refractivity contribution in [3.8, 4) is 0 Å². The topological polar surface area (TPSA) is 20.3 Å². The van der Waals surface area contributed by atoms with Crippen LogP contribution in [0.15, 0.2) is 18.2 Å². The van der Waals surface area contributed by atoms with Gasteiger partial charge in [0, 0.05) is 19.0 Å². The molecule has 0 unspecified atom stereocenters. The number of carbonyl (C=O) groups excluding carboxylic acids is 1. The van der Waals surface area contributed by atoms with Gasteiger partial charge in [-0.3, -0.25) is 4.79 Å². The highest BCUT2D eigenvalue weighted by Gasteiger charge is 2.36. The molecule has 2 nitrogen and oxygen atoms in total. The van der Waals surface area contributed by atoms with Gasteiger partial charge in [-0.15, -0.1) is 11.6 Å². The zero-order chi connectivity index (χ0) is 15.8. The minimum absolute atomic E-state index is 0.0868. The third kappa shape index (κ3) is 3.48. The second-order valence-corrected chi connectivity index (χ2v) is 5.90. The van der Waals surface area contributed by atoms with E-state index in [0.717, 1.165) is 25.0 Å². The number of hydrogen-bond donors (Lipinski definition) is 0. The average Bonchev–Trinajstić information content (AvgIpc) is 2.35. The van der Waals surface area contributed by atoms with Gasteiger partial charge in [-0.2, -0.15) is 13.2 Å². The van der Waals surface area contributed by atoms with Crippen LogP contribution in [0, 0.1) is 11.7 Å². The first kappa shape index (κ1) is 16.1. The molecule has 0 bridgehead atoms. The van der Waals surface area contributed by atoms with Crippen LogP contribution < -0.4 is 0 Å². The van der Waals surface area contributed by atoms with Crippen molar-refractivity contribution in [2.45, 2.75) is 24.4 Å². The van der Waals surface area contributed by atoms with Crippen molar-refractivity contribution in [2.75, 3.05) is 13.6 Å². The van der Waals surface area contributed by atoms with Gasteiger partial charge < -0.3 is 4.90 Å². The fraction of sp³-hybridized carbons (Fsp3) is 0.500. The van der Waals surface area contributed by atoms with Crippen molar-refractivity contribution < 1.29 is 22.4 Å². The lowest BCUT2D eigenvalue weighted by atomic mass is 9.84. The summed E-state index contributed by atoms with van der Waals surface area (Å²) in [6.07, 6.45) is -3.31. The van der Waals surface area contributed by atoms with Crippen molar-refractivity contribution >= 4 is 17.5 Å². The van der Waals surface area contributed by atoms with Gasteiger partial charge in [-0.25, -0.2) is 4.39 Å². The third-order valence-corrected chi connectivity index (χ3v) is 3.95. The minimum atomic E-state index is -4.82. The van der Waals surface area contributed by atoms with Crippen LogP contribution in [-0.2, 0) is 6.18 Å². The fourth-order valence-corrected chi connectivity index (χ4v) is 2.90. The number of rotatable bonds is 3. The van der Waals surface area contributed by atoms with E-state index in [0.29, 0.717) is 12.6 Å². The lowest BCUT2D eigenvalue weighted by Gasteiger charge is -2.34. The lowest BCUT2D eigenvalue weighted by molar-refractivity contribution is -0.140. The molecule has 1 aromatic carbocycles. The molecule has 1 saturated carbocycles. The minimum Gasteiger partial charge on any atom is -0.341 e. The van der Waals surface area contributed by atoms with Crippen molar-refractivity contribution in [3.63, 3.8) is 0 Å². The highest BCUT2D eigenvalue weighted by Crippen LogP contribution is 2.34. The van der Waals surface area contributed by atoms with Gasteiger partial charge >= 0.3 is 6.18 Å². The van der Waals surface area contributed by atoms with Crippen LogP contribution in [0.2, 0.25) is 0 Å². The SMILES string of the molecule is CN(CC1CC(Cl)C1)C(=O)c1cccc(C(F)(F)F)c1F. The van der Waals surface area contributed by atoms with E-state index < -0.39 is 29.0 Å². The molecule has 0 atom stereocenters. The highest BCUT2D eigenvalue weighted by atomic mass is 35.5. The van der Waals surface area contributed by atoms with Crippen LogP contribution >= 0.6 is 11.6 Å². The lowest BCUT2D eigenvalue weighted by Crippen LogP contribution is -2.38. The largest absolute Gasteiger partial charge is 0.419 e. The Morgan fingerprint density at radius 1 is 1.38 bits per heavy atom. The monoisotopic (exact) mass is 323 g/mol. The maximum atomic E-state index is 13.9. The van der Waals surface area contributed by atoms with Gasteiger partial charge in [0.25, 0.3) is 5.91 Å². The van der Waals surface area contributed by atoms with Crippen molar-refractivity contribution in [3.05, 3.63) is 35.1 Å². The van der Waals surface area contributed by atoms with Gasteiger partial charge in [0.05, 0.1) is 11.1 Å². The van der Waals surface area contributed by atoms with E-state index in [1.54, 1.807) is 0 Å². The number of alkyl halides is 4. The van der Waals surface area contributed by atoms with E-state index in [4.69, 9.17) is 11.6 Å². The van der Waals surface area contributed by atoms with Gasteiger partial charge in [0.1, 0.15) is 5.82 Å². The molecule has 1 aliphatic carbocycles. The first-order valence-corrected chi connectivity index (χ1v) is 6.89. The summed E-state index contributed by atoms with van der Waals surface area (Å²) in [7, 11) is 1.45. The Labute approximate surface area is 124 Å². The normalized spacial score (nSPS) is 21.8. The molecule has 0 aliphatic heterocycles. The van der Waals surface area contributed by atoms with Crippen LogP contribution in [-0.4, -0.2) is 29.8 Å². The molecule has 1 aliphatic rings. The van der Waals surface area contributed by atoms with Crippen LogP contribution in [0.3, 0.4) is 0 Å². The summed E-state index contributed by atoms with van der Waals surface area (Å²) in [6, 6.07) is 2.72. The van der Waals surface area contributed by atoms with Crippen molar-refractivity contribution in [2.24, 2.45) is 5.92 Å². The second kappa shape index (κ2) is 5.83. The molecule has 1 amide bonds. The van der Waals surface area contributed by atoms with E-state index in [1.807, 2.05) is 0 Å².